The van der Waals surface area contributed by atoms with Crippen molar-refractivity contribution in [3.8, 4) is 0 Å². The van der Waals surface area contributed by atoms with Crippen LogP contribution in [0.4, 0.5) is 0 Å². The first-order chi connectivity index (χ1) is 12.6. The molecular weight excluding hydrogens is 414 g/mol. The van der Waals surface area contributed by atoms with E-state index >= 15 is 0 Å². The van der Waals surface area contributed by atoms with Gasteiger partial charge in [0.2, 0.25) is 0 Å². The number of hydrogen-bond acceptors (Lipinski definition) is 4. The van der Waals surface area contributed by atoms with E-state index in [1.807, 2.05) is 42.5 Å². The van der Waals surface area contributed by atoms with Crippen LogP contribution in [0.2, 0.25) is 0 Å². The van der Waals surface area contributed by atoms with Crippen LogP contribution in [0.15, 0.2) is 68.6 Å². The summed E-state index contributed by atoms with van der Waals surface area (Å²) in [6.07, 6.45) is 3.55. The van der Waals surface area contributed by atoms with E-state index in [4.69, 9.17) is 4.52 Å². The highest BCUT2D eigenvalue weighted by Crippen LogP contribution is 2.42. The maximum absolute atomic E-state index is 13.1. The van der Waals surface area contributed by atoms with Gasteiger partial charge in [-0.25, -0.2) is 0 Å². The molecule has 132 valence electrons. The maximum atomic E-state index is 13.1. The van der Waals surface area contributed by atoms with Gasteiger partial charge in [0.1, 0.15) is 5.75 Å². The molecule has 2 aromatic carbocycles. The number of nitrogens with zero attached hydrogens (tertiary/aromatic N) is 1. The molecule has 0 spiro atoms. The van der Waals surface area contributed by atoms with Gasteiger partial charge in [-0.3, -0.25) is 4.79 Å². The Morgan fingerprint density at radius 1 is 1.19 bits per heavy atom. The average molecular weight is 430 g/mol. The Kier molecular flexibility index (Phi) is 4.98. The smallest absolute Gasteiger partial charge is 0.198 e. The number of halogens is 1. The van der Waals surface area contributed by atoms with Crippen LogP contribution in [0.5, 0.6) is 0 Å². The van der Waals surface area contributed by atoms with Gasteiger partial charge >= 0.3 is 0 Å². The molecule has 1 unspecified atom stereocenters. The molecule has 0 amide bonds. The summed E-state index contributed by atoms with van der Waals surface area (Å²) in [6.45, 7) is 0. The van der Waals surface area contributed by atoms with Crippen LogP contribution in [-0.4, -0.2) is 15.5 Å². The third-order valence-corrected chi connectivity index (χ3v) is 6.26. The van der Waals surface area contributed by atoms with Crippen LogP contribution in [0.3, 0.4) is 0 Å². The van der Waals surface area contributed by atoms with Gasteiger partial charge in [-0.2, -0.15) is 0 Å². The summed E-state index contributed by atoms with van der Waals surface area (Å²) in [5.74, 6) is 1.12. The minimum atomic E-state index is -1.23. The molecule has 4 rings (SSSR count). The summed E-state index contributed by atoms with van der Waals surface area (Å²) in [7, 11) is 0. The minimum Gasteiger partial charge on any atom is -0.611 e. The predicted octanol–water partition coefficient (Wildman–Crippen LogP) is 4.85. The lowest BCUT2D eigenvalue weighted by Crippen LogP contribution is -2.11. The number of carbonyl (C=O) groups excluding carboxylic acids is 1. The molecule has 1 heterocycles. The van der Waals surface area contributed by atoms with Crippen LogP contribution < -0.4 is 0 Å². The Morgan fingerprint density at radius 2 is 1.96 bits per heavy atom. The highest BCUT2D eigenvalue weighted by atomic mass is 79.9. The van der Waals surface area contributed by atoms with Crippen molar-refractivity contribution in [2.45, 2.75) is 29.4 Å². The quantitative estimate of drug-likeness (QED) is 0.414. The van der Waals surface area contributed by atoms with Gasteiger partial charge in [-0.1, -0.05) is 39.3 Å². The fraction of sp³-hybridized carbons (Fsp3) is 0.200. The molecule has 0 aliphatic heterocycles. The first-order valence-electron chi connectivity index (χ1n) is 8.34. The topological polar surface area (TPSA) is 66.2 Å². The Bertz CT molecular complexity index is 937. The largest absolute Gasteiger partial charge is 0.611 e. The Morgan fingerprint density at radius 3 is 2.69 bits per heavy atom. The van der Waals surface area contributed by atoms with E-state index in [2.05, 4.69) is 21.1 Å². The van der Waals surface area contributed by atoms with Gasteiger partial charge in [-0.15, -0.1) is 0 Å². The zero-order chi connectivity index (χ0) is 18.1. The molecule has 0 N–H and O–H groups in total. The number of benzene rings is 2. The fourth-order valence-corrected chi connectivity index (χ4v) is 4.46. The van der Waals surface area contributed by atoms with Crippen LogP contribution in [0.25, 0.3) is 0 Å². The lowest BCUT2D eigenvalue weighted by molar-refractivity contribution is 0.103. The molecule has 0 saturated heterocycles. The minimum absolute atomic E-state index is 0.124. The second-order valence-electron chi connectivity index (χ2n) is 6.31. The van der Waals surface area contributed by atoms with E-state index < -0.39 is 11.2 Å². The van der Waals surface area contributed by atoms with Crippen molar-refractivity contribution in [1.82, 2.24) is 5.16 Å². The first kappa shape index (κ1) is 17.5. The van der Waals surface area contributed by atoms with Crippen molar-refractivity contribution in [1.29, 1.82) is 0 Å². The fourth-order valence-electron chi connectivity index (χ4n) is 2.90. The van der Waals surface area contributed by atoms with E-state index in [9.17, 15) is 9.35 Å². The SMILES string of the molecule is O=C(c1ccc(Br)cc1C[S+]([O-])c1ccccc1)c1cnoc1C1CC1. The molecule has 1 aromatic heterocycles. The van der Waals surface area contributed by atoms with Gasteiger partial charge < -0.3 is 9.08 Å². The maximum Gasteiger partial charge on any atom is 0.198 e. The normalized spacial score (nSPS) is 15.0. The van der Waals surface area contributed by atoms with Gasteiger partial charge in [0, 0.05) is 21.5 Å². The number of aromatic nitrogens is 1. The lowest BCUT2D eigenvalue weighted by Gasteiger charge is -2.13. The monoisotopic (exact) mass is 429 g/mol. The highest BCUT2D eigenvalue weighted by molar-refractivity contribution is 9.10. The summed E-state index contributed by atoms with van der Waals surface area (Å²) in [5.41, 5.74) is 1.80. The van der Waals surface area contributed by atoms with Crippen LogP contribution >= 0.6 is 15.9 Å². The zero-order valence-corrected chi connectivity index (χ0v) is 16.3. The zero-order valence-electron chi connectivity index (χ0n) is 13.9. The predicted molar refractivity (Wildman–Crippen MR) is 103 cm³/mol. The third kappa shape index (κ3) is 3.63. The highest BCUT2D eigenvalue weighted by Gasteiger charge is 2.33. The number of carbonyl (C=O) groups is 1. The Hall–Kier alpha value is -1.89. The van der Waals surface area contributed by atoms with E-state index in [-0.39, 0.29) is 11.5 Å². The molecule has 3 aromatic rings. The van der Waals surface area contributed by atoms with Crippen molar-refractivity contribution < 1.29 is 13.9 Å². The molecule has 1 saturated carbocycles. The molecule has 4 nitrogen and oxygen atoms in total. The van der Waals surface area contributed by atoms with Crippen LogP contribution in [0.1, 0.15) is 46.0 Å². The second kappa shape index (κ2) is 7.39. The summed E-state index contributed by atoms with van der Waals surface area (Å²) < 4.78 is 18.9. The number of rotatable bonds is 6. The van der Waals surface area contributed by atoms with E-state index in [1.54, 1.807) is 6.07 Å². The first-order valence-corrected chi connectivity index (χ1v) is 10.5. The van der Waals surface area contributed by atoms with Crippen LogP contribution in [-0.2, 0) is 16.9 Å². The molecule has 0 bridgehead atoms. The van der Waals surface area contributed by atoms with E-state index in [0.29, 0.717) is 22.8 Å². The van der Waals surface area contributed by atoms with Crippen molar-refractivity contribution in [2.75, 3.05) is 0 Å². The second-order valence-corrected chi connectivity index (χ2v) is 8.68. The van der Waals surface area contributed by atoms with Crippen LogP contribution in [0, 0.1) is 0 Å². The molecule has 1 atom stereocenters. The standard InChI is InChI=1S/C20H16BrNO3S/c21-15-8-9-17(19(23)18-11-22-25-20(18)13-6-7-13)14(10-15)12-26(24)16-4-2-1-3-5-16/h1-5,8-11,13H,6-7,12H2. The lowest BCUT2D eigenvalue weighted by atomic mass is 9.99. The molecule has 6 heteroatoms. The molecule has 1 aliphatic carbocycles. The third-order valence-electron chi connectivity index (χ3n) is 4.40. The molecule has 26 heavy (non-hydrogen) atoms. The van der Waals surface area contributed by atoms with Gasteiger partial charge in [0.15, 0.2) is 16.4 Å². The van der Waals surface area contributed by atoms with E-state index in [0.717, 1.165) is 27.8 Å². The Labute approximate surface area is 162 Å². The van der Waals surface area contributed by atoms with Gasteiger partial charge in [-0.05, 0) is 54.3 Å². The molecular formula is C20H16BrNO3S. The molecule has 1 fully saturated rings. The van der Waals surface area contributed by atoms with Crippen molar-refractivity contribution in [2.24, 2.45) is 0 Å². The summed E-state index contributed by atoms with van der Waals surface area (Å²) in [4.78, 5) is 13.8. The van der Waals surface area contributed by atoms with E-state index in [1.165, 1.54) is 6.20 Å². The van der Waals surface area contributed by atoms with Gasteiger partial charge in [0.25, 0.3) is 0 Å². The summed E-state index contributed by atoms with van der Waals surface area (Å²) >= 11 is 2.22. The number of hydrogen-bond donors (Lipinski definition) is 0. The Balaban J connectivity index is 1.66. The van der Waals surface area contributed by atoms with Crippen molar-refractivity contribution >= 4 is 32.9 Å². The van der Waals surface area contributed by atoms with Crippen molar-refractivity contribution in [3.63, 3.8) is 0 Å². The average Bonchev–Trinajstić information content (AvgIpc) is 3.38. The molecule has 1 aliphatic rings. The van der Waals surface area contributed by atoms with Gasteiger partial charge in [0.05, 0.1) is 11.8 Å². The molecule has 0 radical (unpaired) electrons. The number of ketones is 1. The summed E-state index contributed by atoms with van der Waals surface area (Å²) in [5, 5.41) is 3.82. The van der Waals surface area contributed by atoms with Crippen molar-refractivity contribution in [3.05, 3.63) is 81.7 Å². The summed E-state index contributed by atoms with van der Waals surface area (Å²) in [6, 6.07) is 14.7.